The molecule has 2 atom stereocenters. The zero-order valence-corrected chi connectivity index (χ0v) is 16.0. The Morgan fingerprint density at radius 2 is 1.56 bits per heavy atom. The minimum atomic E-state index is 0.140. The first kappa shape index (κ1) is 20.7. The number of aromatic hydroxyl groups is 1. The number of benzene rings is 1. The van der Waals surface area contributed by atoms with Gasteiger partial charge in [-0.3, -0.25) is 0 Å². The highest BCUT2D eigenvalue weighted by molar-refractivity contribution is 5.69. The zero-order valence-electron chi connectivity index (χ0n) is 16.0. The standard InChI is InChI=1S/C20H34N4O/c1-5-14(3)12-24(13-15(4)6-2)18(20(22)23)11-17(21)16-9-7-8-10-19(16)25/h7-11,14-15,25H,5-6,12-13,21-23H2,1-4H3/b17-11-/t14-,15?/m0/s1. The van der Waals surface area contributed by atoms with Crippen LogP contribution in [-0.4, -0.2) is 23.1 Å². The van der Waals surface area contributed by atoms with Crippen LogP contribution in [0.25, 0.3) is 5.70 Å². The van der Waals surface area contributed by atoms with Gasteiger partial charge in [0.1, 0.15) is 11.6 Å². The summed E-state index contributed by atoms with van der Waals surface area (Å²) in [6.07, 6.45) is 3.93. The van der Waals surface area contributed by atoms with Crippen LogP contribution in [-0.2, 0) is 0 Å². The van der Waals surface area contributed by atoms with Crippen molar-refractivity contribution < 1.29 is 5.11 Å². The molecule has 0 saturated heterocycles. The number of phenols is 1. The Bertz CT molecular complexity index is 593. The lowest BCUT2D eigenvalue weighted by atomic mass is 10.0. The molecule has 0 aliphatic rings. The van der Waals surface area contributed by atoms with E-state index in [2.05, 4.69) is 32.6 Å². The molecule has 7 N–H and O–H groups in total. The predicted molar refractivity (Wildman–Crippen MR) is 106 cm³/mol. The van der Waals surface area contributed by atoms with Gasteiger partial charge in [0.2, 0.25) is 0 Å². The summed E-state index contributed by atoms with van der Waals surface area (Å²) in [7, 11) is 0. The molecule has 0 saturated carbocycles. The van der Waals surface area contributed by atoms with E-state index >= 15 is 0 Å². The number of nitrogens with two attached hydrogens (primary N) is 3. The highest BCUT2D eigenvalue weighted by Crippen LogP contribution is 2.24. The van der Waals surface area contributed by atoms with Crippen molar-refractivity contribution in [1.82, 2.24) is 4.90 Å². The predicted octanol–water partition coefficient (Wildman–Crippen LogP) is 3.17. The second-order valence-electron chi connectivity index (χ2n) is 6.89. The minimum Gasteiger partial charge on any atom is -0.507 e. The van der Waals surface area contributed by atoms with Crippen LogP contribution in [0.2, 0.25) is 0 Å². The second-order valence-corrected chi connectivity index (χ2v) is 6.89. The first-order chi connectivity index (χ1) is 11.8. The van der Waals surface area contributed by atoms with Crippen LogP contribution in [0.15, 0.2) is 41.9 Å². The first-order valence-electron chi connectivity index (χ1n) is 9.05. The number of rotatable bonds is 9. The molecule has 0 aliphatic carbocycles. The maximum absolute atomic E-state index is 10.0. The van der Waals surface area contributed by atoms with E-state index in [0.717, 1.165) is 31.6 Å². The Morgan fingerprint density at radius 3 is 2.00 bits per heavy atom. The van der Waals surface area contributed by atoms with Gasteiger partial charge in [0.05, 0.1) is 5.70 Å². The fourth-order valence-electron chi connectivity index (χ4n) is 2.58. The average molecular weight is 347 g/mol. The van der Waals surface area contributed by atoms with Crippen molar-refractivity contribution in [3.63, 3.8) is 0 Å². The van der Waals surface area contributed by atoms with E-state index in [1.807, 2.05) is 6.07 Å². The highest BCUT2D eigenvalue weighted by Gasteiger charge is 2.17. The Morgan fingerprint density at radius 1 is 1.04 bits per heavy atom. The van der Waals surface area contributed by atoms with Crippen LogP contribution < -0.4 is 17.2 Å². The summed E-state index contributed by atoms with van der Waals surface area (Å²) in [6.45, 7) is 10.5. The Balaban J connectivity index is 3.22. The van der Waals surface area contributed by atoms with Gasteiger partial charge < -0.3 is 27.2 Å². The number of phenolic OH excluding ortho intramolecular Hbond substituents is 1. The van der Waals surface area contributed by atoms with Crippen molar-refractivity contribution >= 4 is 5.70 Å². The molecule has 0 aromatic heterocycles. The molecular formula is C20H34N4O. The summed E-state index contributed by atoms with van der Waals surface area (Å²) in [4.78, 5) is 2.21. The number of nitrogens with zero attached hydrogens (tertiary/aromatic N) is 1. The van der Waals surface area contributed by atoms with Crippen molar-refractivity contribution in [2.24, 2.45) is 29.0 Å². The second kappa shape index (κ2) is 9.87. The van der Waals surface area contributed by atoms with Crippen LogP contribution in [0.3, 0.4) is 0 Å². The third kappa shape index (κ3) is 6.25. The molecule has 0 amide bonds. The van der Waals surface area contributed by atoms with Crippen molar-refractivity contribution in [1.29, 1.82) is 0 Å². The third-order valence-electron chi connectivity index (χ3n) is 4.60. The maximum Gasteiger partial charge on any atom is 0.124 e. The van der Waals surface area contributed by atoms with E-state index < -0.39 is 0 Å². The minimum absolute atomic E-state index is 0.140. The number of para-hydroxylation sites is 1. The summed E-state index contributed by atoms with van der Waals surface area (Å²) >= 11 is 0. The number of hydrogen-bond acceptors (Lipinski definition) is 5. The molecule has 1 rings (SSSR count). The van der Waals surface area contributed by atoms with Gasteiger partial charge in [-0.05, 0) is 30.0 Å². The van der Waals surface area contributed by atoms with Crippen LogP contribution in [0.5, 0.6) is 5.75 Å². The van der Waals surface area contributed by atoms with Gasteiger partial charge in [0, 0.05) is 24.4 Å². The fraction of sp³-hybridized carbons (Fsp3) is 0.500. The molecule has 1 aromatic carbocycles. The molecule has 5 nitrogen and oxygen atoms in total. The molecule has 25 heavy (non-hydrogen) atoms. The first-order valence-corrected chi connectivity index (χ1v) is 9.05. The van der Waals surface area contributed by atoms with Crippen LogP contribution in [0.1, 0.15) is 46.1 Å². The van der Waals surface area contributed by atoms with Crippen LogP contribution in [0, 0.1) is 11.8 Å². The monoisotopic (exact) mass is 346 g/mol. The SMILES string of the molecule is CCC(C)CN(C[C@@H](C)CC)C(/C=C(\N)c1ccccc1O)=C(N)N. The number of hydrogen-bond donors (Lipinski definition) is 4. The van der Waals surface area contributed by atoms with Crippen LogP contribution >= 0.6 is 0 Å². The lowest BCUT2D eigenvalue weighted by Crippen LogP contribution is -2.34. The maximum atomic E-state index is 10.0. The Hall–Kier alpha value is -2.30. The van der Waals surface area contributed by atoms with E-state index in [1.54, 1.807) is 24.3 Å². The van der Waals surface area contributed by atoms with Gasteiger partial charge in [-0.2, -0.15) is 0 Å². The molecule has 1 aromatic rings. The molecule has 0 aliphatic heterocycles. The quantitative estimate of drug-likeness (QED) is 0.514. The normalized spacial score (nSPS) is 14.0. The van der Waals surface area contributed by atoms with E-state index in [1.165, 1.54) is 0 Å². The van der Waals surface area contributed by atoms with Gasteiger partial charge in [0.25, 0.3) is 0 Å². The largest absolute Gasteiger partial charge is 0.507 e. The van der Waals surface area contributed by atoms with Gasteiger partial charge >= 0.3 is 0 Å². The third-order valence-corrected chi connectivity index (χ3v) is 4.60. The van der Waals surface area contributed by atoms with Crippen molar-refractivity contribution in [2.45, 2.75) is 40.5 Å². The summed E-state index contributed by atoms with van der Waals surface area (Å²) in [5.74, 6) is 1.41. The van der Waals surface area contributed by atoms with Gasteiger partial charge in [-0.1, -0.05) is 52.7 Å². The van der Waals surface area contributed by atoms with Gasteiger partial charge in [0.15, 0.2) is 0 Å². The average Bonchev–Trinajstić information content (AvgIpc) is 2.58. The summed E-state index contributed by atoms with van der Waals surface area (Å²) < 4.78 is 0. The van der Waals surface area contributed by atoms with E-state index in [4.69, 9.17) is 17.2 Å². The molecular weight excluding hydrogens is 312 g/mol. The van der Waals surface area contributed by atoms with Crippen LogP contribution in [0.4, 0.5) is 0 Å². The molecule has 140 valence electrons. The topological polar surface area (TPSA) is 102 Å². The van der Waals surface area contributed by atoms with Gasteiger partial charge in [-0.25, -0.2) is 0 Å². The zero-order chi connectivity index (χ0) is 19.0. The van der Waals surface area contributed by atoms with Crippen molar-refractivity contribution in [3.05, 3.63) is 47.4 Å². The molecule has 0 heterocycles. The van der Waals surface area contributed by atoms with E-state index in [-0.39, 0.29) is 11.6 Å². The smallest absolute Gasteiger partial charge is 0.124 e. The van der Waals surface area contributed by atoms with E-state index in [0.29, 0.717) is 23.1 Å². The molecule has 0 bridgehead atoms. The Labute approximate surface area is 152 Å². The summed E-state index contributed by atoms with van der Waals surface area (Å²) in [5, 5.41) is 10.0. The van der Waals surface area contributed by atoms with Crippen molar-refractivity contribution in [2.75, 3.05) is 13.1 Å². The van der Waals surface area contributed by atoms with Crippen molar-refractivity contribution in [3.8, 4) is 5.75 Å². The fourth-order valence-corrected chi connectivity index (χ4v) is 2.58. The molecule has 1 unspecified atom stereocenters. The summed E-state index contributed by atoms with van der Waals surface area (Å²) in [6, 6.07) is 6.99. The lowest BCUT2D eigenvalue weighted by Gasteiger charge is -2.31. The summed E-state index contributed by atoms with van der Waals surface area (Å²) in [5.41, 5.74) is 20.0. The highest BCUT2D eigenvalue weighted by atomic mass is 16.3. The molecule has 5 heteroatoms. The molecule has 0 fully saturated rings. The molecule has 0 radical (unpaired) electrons. The lowest BCUT2D eigenvalue weighted by molar-refractivity contribution is 0.257. The molecule has 0 spiro atoms. The van der Waals surface area contributed by atoms with Gasteiger partial charge in [-0.15, -0.1) is 0 Å². The van der Waals surface area contributed by atoms with E-state index in [9.17, 15) is 5.11 Å². The number of allylic oxidation sites excluding steroid dienone is 1. The Kier molecular flexibility index (Phi) is 8.19.